The number of hydrogen-bond acceptors (Lipinski definition) is 1. The van der Waals surface area contributed by atoms with Crippen molar-refractivity contribution in [2.24, 2.45) is 0 Å². The predicted molar refractivity (Wildman–Crippen MR) is 65.6 cm³/mol. The van der Waals surface area contributed by atoms with Crippen molar-refractivity contribution in [1.82, 2.24) is 5.32 Å². The third-order valence-electron chi connectivity index (χ3n) is 3.42. The molecule has 16 heavy (non-hydrogen) atoms. The highest BCUT2D eigenvalue weighted by Gasteiger charge is 2.31. The Morgan fingerprint density at radius 2 is 2.25 bits per heavy atom. The Kier molecular flexibility index (Phi) is 3.22. The van der Waals surface area contributed by atoms with Crippen molar-refractivity contribution < 1.29 is 4.39 Å². The van der Waals surface area contributed by atoms with Crippen LogP contribution >= 0.6 is 11.6 Å². The van der Waals surface area contributed by atoms with Crippen molar-refractivity contribution in [1.29, 1.82) is 0 Å². The van der Waals surface area contributed by atoms with Gasteiger partial charge in [-0.2, -0.15) is 0 Å². The Hall–Kier alpha value is -0.600. The SMILES string of the molecule is CC(F)c1ccc(C2(C)CCCN2)c(Cl)c1. The molecular weight excluding hydrogens is 225 g/mol. The predicted octanol–water partition coefficient (Wildman–Crippen LogP) is 3.97. The Bertz CT molecular complexity index is 384. The van der Waals surface area contributed by atoms with Gasteiger partial charge in [0.05, 0.1) is 0 Å². The minimum absolute atomic E-state index is 0.0465. The van der Waals surface area contributed by atoms with Gasteiger partial charge in [0, 0.05) is 10.6 Å². The van der Waals surface area contributed by atoms with Crippen molar-refractivity contribution in [2.45, 2.75) is 38.4 Å². The molecule has 0 radical (unpaired) electrons. The van der Waals surface area contributed by atoms with E-state index in [-0.39, 0.29) is 5.54 Å². The number of hydrogen-bond donors (Lipinski definition) is 1. The van der Waals surface area contributed by atoms with E-state index in [9.17, 15) is 4.39 Å². The van der Waals surface area contributed by atoms with Crippen LogP contribution in [0.5, 0.6) is 0 Å². The van der Waals surface area contributed by atoms with Gasteiger partial charge in [-0.05, 0) is 50.4 Å². The molecule has 1 aromatic rings. The summed E-state index contributed by atoms with van der Waals surface area (Å²) in [7, 11) is 0. The average molecular weight is 242 g/mol. The highest BCUT2D eigenvalue weighted by Crippen LogP contribution is 2.36. The third kappa shape index (κ3) is 2.09. The Morgan fingerprint density at radius 3 is 2.75 bits per heavy atom. The van der Waals surface area contributed by atoms with E-state index in [1.54, 1.807) is 6.07 Å². The van der Waals surface area contributed by atoms with E-state index in [2.05, 4.69) is 12.2 Å². The molecule has 0 bridgehead atoms. The largest absolute Gasteiger partial charge is 0.308 e. The molecule has 1 N–H and O–H groups in total. The zero-order chi connectivity index (χ0) is 11.8. The average Bonchev–Trinajstić information content (AvgIpc) is 2.65. The number of halogens is 2. The van der Waals surface area contributed by atoms with Crippen LogP contribution < -0.4 is 5.32 Å². The minimum Gasteiger partial charge on any atom is -0.308 e. The van der Waals surface area contributed by atoms with Crippen LogP contribution in [0, 0.1) is 0 Å². The van der Waals surface area contributed by atoms with Crippen LogP contribution in [0.3, 0.4) is 0 Å². The summed E-state index contributed by atoms with van der Waals surface area (Å²) < 4.78 is 13.1. The quantitative estimate of drug-likeness (QED) is 0.826. The highest BCUT2D eigenvalue weighted by molar-refractivity contribution is 6.31. The molecule has 1 aromatic carbocycles. The number of nitrogens with one attached hydrogen (secondary N) is 1. The van der Waals surface area contributed by atoms with Crippen LogP contribution in [0.1, 0.15) is 44.0 Å². The van der Waals surface area contributed by atoms with E-state index in [4.69, 9.17) is 11.6 Å². The van der Waals surface area contributed by atoms with Gasteiger partial charge in [0.25, 0.3) is 0 Å². The van der Waals surface area contributed by atoms with Crippen LogP contribution in [0.4, 0.5) is 4.39 Å². The minimum atomic E-state index is -0.962. The van der Waals surface area contributed by atoms with E-state index in [1.807, 2.05) is 12.1 Å². The van der Waals surface area contributed by atoms with Gasteiger partial charge in [0.1, 0.15) is 6.17 Å². The summed E-state index contributed by atoms with van der Waals surface area (Å²) in [4.78, 5) is 0. The Morgan fingerprint density at radius 1 is 1.50 bits per heavy atom. The van der Waals surface area contributed by atoms with Gasteiger partial charge >= 0.3 is 0 Å². The van der Waals surface area contributed by atoms with Crippen molar-refractivity contribution in [2.75, 3.05) is 6.54 Å². The van der Waals surface area contributed by atoms with Gasteiger partial charge in [-0.1, -0.05) is 23.7 Å². The molecule has 3 heteroatoms. The molecule has 1 aliphatic rings. The van der Waals surface area contributed by atoms with Gasteiger partial charge in [-0.15, -0.1) is 0 Å². The van der Waals surface area contributed by atoms with Crippen molar-refractivity contribution in [3.05, 3.63) is 34.3 Å². The third-order valence-corrected chi connectivity index (χ3v) is 3.73. The second-order valence-corrected chi connectivity index (χ2v) is 5.12. The summed E-state index contributed by atoms with van der Waals surface area (Å²) in [6.07, 6.45) is 1.28. The van der Waals surface area contributed by atoms with Crippen molar-refractivity contribution in [3.8, 4) is 0 Å². The first-order valence-electron chi connectivity index (χ1n) is 5.72. The van der Waals surface area contributed by atoms with Crippen molar-refractivity contribution >= 4 is 11.6 Å². The van der Waals surface area contributed by atoms with Crippen LogP contribution in [0.25, 0.3) is 0 Å². The summed E-state index contributed by atoms with van der Waals surface area (Å²) >= 11 is 6.24. The Balaban J connectivity index is 2.35. The smallest absolute Gasteiger partial charge is 0.122 e. The summed E-state index contributed by atoms with van der Waals surface area (Å²) in [6.45, 7) is 4.70. The molecular formula is C13H17ClFN. The van der Waals surface area contributed by atoms with E-state index in [0.717, 1.165) is 24.9 Å². The molecule has 1 fully saturated rings. The summed E-state index contributed by atoms with van der Waals surface area (Å²) in [5.41, 5.74) is 1.68. The fraction of sp³-hybridized carbons (Fsp3) is 0.538. The van der Waals surface area contributed by atoms with E-state index >= 15 is 0 Å². The lowest BCUT2D eigenvalue weighted by Gasteiger charge is -2.26. The molecule has 0 spiro atoms. The molecule has 2 rings (SSSR count). The first-order chi connectivity index (χ1) is 7.53. The monoisotopic (exact) mass is 241 g/mol. The maximum atomic E-state index is 13.1. The lowest BCUT2D eigenvalue weighted by Crippen LogP contribution is -2.33. The van der Waals surface area contributed by atoms with E-state index in [0.29, 0.717) is 10.6 Å². The molecule has 88 valence electrons. The normalized spacial score (nSPS) is 27.0. The fourth-order valence-electron chi connectivity index (χ4n) is 2.35. The fourth-order valence-corrected chi connectivity index (χ4v) is 2.75. The highest BCUT2D eigenvalue weighted by atomic mass is 35.5. The van der Waals surface area contributed by atoms with Gasteiger partial charge in [-0.3, -0.25) is 0 Å². The topological polar surface area (TPSA) is 12.0 Å². The number of alkyl halides is 1. The Labute approximate surface area is 101 Å². The lowest BCUT2D eigenvalue weighted by atomic mass is 9.89. The molecule has 2 unspecified atom stereocenters. The van der Waals surface area contributed by atoms with Gasteiger partial charge in [-0.25, -0.2) is 4.39 Å². The van der Waals surface area contributed by atoms with Crippen LogP contribution in [0.2, 0.25) is 5.02 Å². The summed E-state index contributed by atoms with van der Waals surface area (Å²) in [6, 6.07) is 5.52. The molecule has 1 nitrogen and oxygen atoms in total. The number of benzene rings is 1. The summed E-state index contributed by atoms with van der Waals surface area (Å²) in [5.74, 6) is 0. The first-order valence-corrected chi connectivity index (χ1v) is 6.10. The molecule has 1 saturated heterocycles. The lowest BCUT2D eigenvalue weighted by molar-refractivity contribution is 0.373. The molecule has 0 aliphatic carbocycles. The standard InChI is InChI=1S/C13H17ClFN/c1-9(15)10-4-5-11(12(14)8-10)13(2)6-3-7-16-13/h4-5,8-9,16H,3,6-7H2,1-2H3. The maximum absolute atomic E-state index is 13.1. The second kappa shape index (κ2) is 4.34. The molecule has 0 aromatic heterocycles. The van der Waals surface area contributed by atoms with Gasteiger partial charge in [0.15, 0.2) is 0 Å². The second-order valence-electron chi connectivity index (χ2n) is 4.72. The van der Waals surface area contributed by atoms with E-state index in [1.165, 1.54) is 6.92 Å². The van der Waals surface area contributed by atoms with Crippen LogP contribution in [-0.4, -0.2) is 6.54 Å². The first kappa shape index (κ1) is 11.9. The van der Waals surface area contributed by atoms with Crippen LogP contribution in [-0.2, 0) is 5.54 Å². The van der Waals surface area contributed by atoms with Gasteiger partial charge < -0.3 is 5.32 Å². The van der Waals surface area contributed by atoms with E-state index < -0.39 is 6.17 Å². The van der Waals surface area contributed by atoms with Gasteiger partial charge in [0.2, 0.25) is 0 Å². The molecule has 1 aliphatic heterocycles. The maximum Gasteiger partial charge on any atom is 0.122 e. The summed E-state index contributed by atoms with van der Waals surface area (Å²) in [5, 5.41) is 4.13. The molecule has 0 amide bonds. The molecule has 0 saturated carbocycles. The number of rotatable bonds is 2. The molecule has 1 heterocycles. The zero-order valence-electron chi connectivity index (χ0n) is 9.69. The van der Waals surface area contributed by atoms with Crippen LogP contribution in [0.15, 0.2) is 18.2 Å². The van der Waals surface area contributed by atoms with Crippen molar-refractivity contribution in [3.63, 3.8) is 0 Å². The zero-order valence-corrected chi connectivity index (χ0v) is 10.4. The molecule has 2 atom stereocenters.